The number of benzene rings is 1. The highest BCUT2D eigenvalue weighted by Gasteiger charge is 2.11. The number of rotatable bonds is 6. The molecule has 19 heavy (non-hydrogen) atoms. The van der Waals surface area contributed by atoms with E-state index in [1.165, 1.54) is 4.88 Å². The number of aliphatic carboxylic acids is 1. The van der Waals surface area contributed by atoms with Crippen molar-refractivity contribution in [2.45, 2.75) is 19.9 Å². The van der Waals surface area contributed by atoms with Crippen LogP contribution in [-0.2, 0) is 11.3 Å². The summed E-state index contributed by atoms with van der Waals surface area (Å²) in [5.74, 6) is -0.776. The molecule has 1 aromatic carbocycles. The molecule has 0 spiro atoms. The summed E-state index contributed by atoms with van der Waals surface area (Å²) in [6.07, 6.45) is 0.132. The third-order valence-electron chi connectivity index (χ3n) is 2.90. The molecule has 1 N–H and O–H groups in total. The van der Waals surface area contributed by atoms with Crippen LogP contribution in [0.5, 0.6) is 0 Å². The van der Waals surface area contributed by atoms with Crippen molar-refractivity contribution in [3.05, 3.63) is 46.4 Å². The van der Waals surface area contributed by atoms with Crippen LogP contribution in [0.4, 0.5) is 5.69 Å². The number of para-hydroxylation sites is 1. The van der Waals surface area contributed by atoms with Crippen LogP contribution in [0.25, 0.3) is 0 Å². The monoisotopic (exact) mass is 276 g/mol. The maximum Gasteiger partial charge on any atom is 0.305 e. The standard InChI is InChI=1S/C14H16N2O2S/c1-11-13(19-10-15-11)9-16(8-7-14(17)18)12-5-3-2-4-6-12/h2-6,10H,7-9H2,1H3,(H,17,18). The second-order valence-electron chi connectivity index (χ2n) is 4.26. The van der Waals surface area contributed by atoms with Crippen molar-refractivity contribution in [3.8, 4) is 0 Å². The predicted octanol–water partition coefficient (Wildman–Crippen LogP) is 2.93. The summed E-state index contributed by atoms with van der Waals surface area (Å²) in [6, 6.07) is 9.87. The van der Waals surface area contributed by atoms with E-state index in [0.717, 1.165) is 11.4 Å². The third-order valence-corrected chi connectivity index (χ3v) is 3.82. The van der Waals surface area contributed by atoms with Crippen molar-refractivity contribution in [2.24, 2.45) is 0 Å². The van der Waals surface area contributed by atoms with Crippen LogP contribution < -0.4 is 4.90 Å². The number of carbonyl (C=O) groups is 1. The molecule has 4 nitrogen and oxygen atoms in total. The normalized spacial score (nSPS) is 10.4. The number of aromatic nitrogens is 1. The quantitative estimate of drug-likeness (QED) is 0.881. The Kier molecular flexibility index (Phi) is 4.52. The minimum absolute atomic E-state index is 0.132. The fourth-order valence-corrected chi connectivity index (χ4v) is 2.61. The first-order valence-corrected chi connectivity index (χ1v) is 6.95. The van der Waals surface area contributed by atoms with Crippen LogP contribution in [0.15, 0.2) is 35.8 Å². The van der Waals surface area contributed by atoms with Gasteiger partial charge in [0.15, 0.2) is 0 Å². The van der Waals surface area contributed by atoms with Crippen LogP contribution in [0, 0.1) is 6.92 Å². The molecule has 2 aromatic rings. The van der Waals surface area contributed by atoms with Crippen LogP contribution in [0.1, 0.15) is 17.0 Å². The molecular weight excluding hydrogens is 260 g/mol. The highest BCUT2D eigenvalue weighted by Crippen LogP contribution is 2.21. The molecule has 100 valence electrons. The molecular formula is C14H16N2O2S. The number of anilines is 1. The Hall–Kier alpha value is -1.88. The highest BCUT2D eigenvalue weighted by molar-refractivity contribution is 7.09. The summed E-state index contributed by atoms with van der Waals surface area (Å²) in [5.41, 5.74) is 3.88. The van der Waals surface area contributed by atoms with Crippen LogP contribution >= 0.6 is 11.3 Å². The van der Waals surface area contributed by atoms with Gasteiger partial charge in [-0.15, -0.1) is 11.3 Å². The van der Waals surface area contributed by atoms with Crippen molar-refractivity contribution in [2.75, 3.05) is 11.4 Å². The van der Waals surface area contributed by atoms with Gasteiger partial charge in [0, 0.05) is 17.1 Å². The van der Waals surface area contributed by atoms with Gasteiger partial charge in [0.1, 0.15) is 0 Å². The lowest BCUT2D eigenvalue weighted by molar-refractivity contribution is -0.136. The van der Waals surface area contributed by atoms with Gasteiger partial charge in [-0.1, -0.05) is 18.2 Å². The number of aryl methyl sites for hydroxylation is 1. The Bertz CT molecular complexity index is 539. The first-order valence-electron chi connectivity index (χ1n) is 6.07. The summed E-state index contributed by atoms with van der Waals surface area (Å²) >= 11 is 1.61. The zero-order chi connectivity index (χ0) is 13.7. The Morgan fingerprint density at radius 2 is 2.11 bits per heavy atom. The van der Waals surface area contributed by atoms with E-state index in [9.17, 15) is 4.79 Å². The van der Waals surface area contributed by atoms with Crippen LogP contribution in [0.3, 0.4) is 0 Å². The van der Waals surface area contributed by atoms with E-state index in [1.54, 1.807) is 11.3 Å². The van der Waals surface area contributed by atoms with Crippen molar-refractivity contribution >= 4 is 23.0 Å². The van der Waals surface area contributed by atoms with Gasteiger partial charge >= 0.3 is 5.97 Å². The molecule has 0 fully saturated rings. The first-order chi connectivity index (χ1) is 9.16. The van der Waals surface area contributed by atoms with Crippen molar-refractivity contribution in [1.29, 1.82) is 0 Å². The summed E-state index contributed by atoms with van der Waals surface area (Å²) in [5, 5.41) is 8.85. The van der Waals surface area contributed by atoms with Gasteiger partial charge in [-0.2, -0.15) is 0 Å². The number of carboxylic acids is 1. The summed E-state index contributed by atoms with van der Waals surface area (Å²) in [6.45, 7) is 3.18. The number of carboxylic acid groups (broad SMARTS) is 1. The van der Waals surface area contributed by atoms with Crippen molar-refractivity contribution in [1.82, 2.24) is 4.98 Å². The Morgan fingerprint density at radius 1 is 1.37 bits per heavy atom. The number of nitrogens with zero attached hydrogens (tertiary/aromatic N) is 2. The maximum atomic E-state index is 10.8. The Balaban J connectivity index is 2.15. The fourth-order valence-electron chi connectivity index (χ4n) is 1.82. The smallest absolute Gasteiger partial charge is 0.305 e. The molecule has 5 heteroatoms. The van der Waals surface area contributed by atoms with E-state index in [0.29, 0.717) is 13.1 Å². The SMILES string of the molecule is Cc1ncsc1CN(CCC(=O)O)c1ccccc1. The van der Waals surface area contributed by atoms with Crippen molar-refractivity contribution in [3.63, 3.8) is 0 Å². The van der Waals surface area contributed by atoms with Gasteiger partial charge in [-0.25, -0.2) is 4.98 Å². The first kappa shape index (κ1) is 13.5. The molecule has 0 amide bonds. The lowest BCUT2D eigenvalue weighted by atomic mass is 10.2. The lowest BCUT2D eigenvalue weighted by Gasteiger charge is -2.23. The molecule has 0 aliphatic rings. The highest BCUT2D eigenvalue weighted by atomic mass is 32.1. The molecule has 0 aliphatic carbocycles. The van der Waals surface area contributed by atoms with Gasteiger partial charge in [0.2, 0.25) is 0 Å². The molecule has 0 saturated heterocycles. The average molecular weight is 276 g/mol. The second kappa shape index (κ2) is 6.33. The van der Waals surface area contributed by atoms with E-state index in [4.69, 9.17) is 5.11 Å². The number of hydrogen-bond acceptors (Lipinski definition) is 4. The Labute approximate surface area is 116 Å². The van der Waals surface area contributed by atoms with Crippen molar-refractivity contribution < 1.29 is 9.90 Å². The van der Waals surface area contributed by atoms with E-state index in [-0.39, 0.29) is 6.42 Å². The molecule has 0 unspecified atom stereocenters. The van der Waals surface area contributed by atoms with Gasteiger partial charge < -0.3 is 10.0 Å². The van der Waals surface area contributed by atoms with E-state index < -0.39 is 5.97 Å². The molecule has 2 rings (SSSR count). The maximum absolute atomic E-state index is 10.8. The summed E-state index contributed by atoms with van der Waals surface area (Å²) in [4.78, 5) is 18.3. The molecule has 0 aliphatic heterocycles. The van der Waals surface area contributed by atoms with Crippen LogP contribution in [-0.4, -0.2) is 22.6 Å². The average Bonchev–Trinajstić information content (AvgIpc) is 2.81. The predicted molar refractivity (Wildman–Crippen MR) is 76.6 cm³/mol. The minimum atomic E-state index is -0.776. The third kappa shape index (κ3) is 3.79. The molecule has 1 heterocycles. The topological polar surface area (TPSA) is 53.4 Å². The fraction of sp³-hybridized carbons (Fsp3) is 0.286. The summed E-state index contributed by atoms with van der Waals surface area (Å²) in [7, 11) is 0. The molecule has 0 bridgehead atoms. The van der Waals surface area contributed by atoms with Gasteiger partial charge in [-0.05, 0) is 19.1 Å². The molecule has 0 radical (unpaired) electrons. The second-order valence-corrected chi connectivity index (χ2v) is 5.20. The van der Waals surface area contributed by atoms with E-state index >= 15 is 0 Å². The van der Waals surface area contributed by atoms with Gasteiger partial charge in [0.05, 0.1) is 24.2 Å². The molecule has 1 aromatic heterocycles. The Morgan fingerprint density at radius 3 is 2.68 bits per heavy atom. The summed E-state index contributed by atoms with van der Waals surface area (Å²) < 4.78 is 0. The van der Waals surface area contributed by atoms with E-state index in [1.807, 2.05) is 42.8 Å². The zero-order valence-electron chi connectivity index (χ0n) is 10.7. The molecule has 0 atom stereocenters. The lowest BCUT2D eigenvalue weighted by Crippen LogP contribution is -2.25. The van der Waals surface area contributed by atoms with Crippen LogP contribution in [0.2, 0.25) is 0 Å². The molecule has 0 saturated carbocycles. The minimum Gasteiger partial charge on any atom is -0.481 e. The zero-order valence-corrected chi connectivity index (χ0v) is 11.6. The van der Waals surface area contributed by atoms with Gasteiger partial charge in [-0.3, -0.25) is 4.79 Å². The number of thiazole rings is 1. The largest absolute Gasteiger partial charge is 0.481 e. The number of hydrogen-bond donors (Lipinski definition) is 1. The van der Waals surface area contributed by atoms with E-state index in [2.05, 4.69) is 9.88 Å². The van der Waals surface area contributed by atoms with Gasteiger partial charge in [0.25, 0.3) is 0 Å².